The number of phenols is 2. The Balaban J connectivity index is 1.67. The van der Waals surface area contributed by atoms with Gasteiger partial charge in [-0.2, -0.15) is 0 Å². The lowest BCUT2D eigenvalue weighted by atomic mass is 9.78. The summed E-state index contributed by atoms with van der Waals surface area (Å²) in [4.78, 5) is 39.8. The van der Waals surface area contributed by atoms with Crippen LogP contribution in [-0.4, -0.2) is 91.6 Å². The molecule has 2 aromatic rings. The highest BCUT2D eigenvalue weighted by molar-refractivity contribution is 5.99. The van der Waals surface area contributed by atoms with Crippen LogP contribution in [0.2, 0.25) is 0 Å². The highest BCUT2D eigenvalue weighted by atomic mass is 16.6. The average molecular weight is 715 g/mol. The van der Waals surface area contributed by atoms with E-state index in [-0.39, 0.29) is 5.75 Å². The van der Waals surface area contributed by atoms with Gasteiger partial charge in [0.05, 0.1) is 24.4 Å². The van der Waals surface area contributed by atoms with Crippen LogP contribution in [0.5, 0.6) is 17.2 Å². The fourth-order valence-electron chi connectivity index (χ4n) is 5.77. The van der Waals surface area contributed by atoms with E-state index < -0.39 is 78.0 Å². The normalized spacial score (nSPS) is 21.8. The van der Waals surface area contributed by atoms with E-state index in [0.717, 1.165) is 18.9 Å². The number of benzene rings is 2. The molecule has 1 saturated carbocycles. The van der Waals surface area contributed by atoms with E-state index in [1.54, 1.807) is 52.0 Å². The molecule has 2 amide bonds. The second-order valence-corrected chi connectivity index (χ2v) is 14.1. The van der Waals surface area contributed by atoms with Crippen LogP contribution < -0.4 is 15.4 Å². The van der Waals surface area contributed by atoms with Gasteiger partial charge in [-0.1, -0.05) is 45.1 Å². The number of anilines is 1. The second kappa shape index (κ2) is 18.9. The molecule has 2 unspecified atom stereocenters. The van der Waals surface area contributed by atoms with Crippen molar-refractivity contribution >= 4 is 29.5 Å². The summed E-state index contributed by atoms with van der Waals surface area (Å²) in [5, 5.41) is 57.1. The Bertz CT molecular complexity index is 1470. The number of hydrogen-bond donors (Lipinski definition) is 7. The fraction of sp³-hybridized carbons (Fsp3) is 0.553. The van der Waals surface area contributed by atoms with E-state index in [2.05, 4.69) is 17.6 Å². The Hall–Kier alpha value is -4.17. The summed E-state index contributed by atoms with van der Waals surface area (Å²) in [7, 11) is 0. The van der Waals surface area contributed by atoms with Crippen molar-refractivity contribution < 1.29 is 54.1 Å². The standard InChI is InChI=1S/C38H54N2O11/c1-6-7-8-9-10-11-20-49-27-16-14-26(15-17-27)39-35(46)33(24(2)51-37(3,4)5)40-36(47)38(48)22-30(43)34(45)31(23-38)50-32(44)19-13-25-12-18-28(41)29(42)21-25/h12-19,21,24,30-31,33-34,41-43,45,48H,6-11,20,22-23H2,1-5H3,(H,39,46)(H,40,47)/b19-13+/t24?,30-,31-,33?,34-,38+/m1/s1. The summed E-state index contributed by atoms with van der Waals surface area (Å²) >= 11 is 0. The zero-order chi connectivity index (χ0) is 37.8. The number of aliphatic hydroxyl groups excluding tert-OH is 2. The predicted molar refractivity (Wildman–Crippen MR) is 191 cm³/mol. The quantitative estimate of drug-likeness (QED) is 0.0532. The molecule has 282 valence electrons. The molecule has 0 radical (unpaired) electrons. The molecule has 2 aromatic carbocycles. The van der Waals surface area contributed by atoms with Gasteiger partial charge in [0.1, 0.15) is 29.6 Å². The number of nitrogens with one attached hydrogen (secondary N) is 2. The summed E-state index contributed by atoms with van der Waals surface area (Å²) < 4.78 is 17.1. The molecule has 13 heteroatoms. The van der Waals surface area contributed by atoms with Gasteiger partial charge in [0.2, 0.25) is 5.91 Å². The van der Waals surface area contributed by atoms with Crippen LogP contribution in [0.15, 0.2) is 48.5 Å². The number of carbonyl (C=O) groups excluding carboxylic acids is 3. The molecule has 7 N–H and O–H groups in total. The number of phenolic OH excluding ortho intramolecular Hbond substituents is 2. The largest absolute Gasteiger partial charge is 0.504 e. The van der Waals surface area contributed by atoms with Crippen molar-refractivity contribution in [2.45, 2.75) is 128 Å². The Kier molecular flexibility index (Phi) is 15.3. The van der Waals surface area contributed by atoms with Crippen molar-refractivity contribution in [3.63, 3.8) is 0 Å². The van der Waals surface area contributed by atoms with Gasteiger partial charge in [0.25, 0.3) is 5.91 Å². The van der Waals surface area contributed by atoms with Gasteiger partial charge in [0.15, 0.2) is 11.5 Å². The minimum atomic E-state index is -2.34. The molecule has 51 heavy (non-hydrogen) atoms. The molecule has 0 saturated heterocycles. The van der Waals surface area contributed by atoms with E-state index in [0.29, 0.717) is 23.6 Å². The number of unbranched alkanes of at least 4 members (excludes halogenated alkanes) is 5. The third-order valence-corrected chi connectivity index (χ3v) is 8.43. The minimum absolute atomic E-state index is 0.344. The van der Waals surface area contributed by atoms with Gasteiger partial charge in [0, 0.05) is 24.6 Å². The molecule has 1 aliphatic carbocycles. The number of amides is 2. The number of ether oxygens (including phenoxy) is 3. The Labute approximate surface area is 299 Å². The summed E-state index contributed by atoms with van der Waals surface area (Å²) in [6, 6.07) is 9.37. The first-order valence-corrected chi connectivity index (χ1v) is 17.5. The molecule has 0 heterocycles. The van der Waals surface area contributed by atoms with Gasteiger partial charge >= 0.3 is 5.97 Å². The number of esters is 1. The average Bonchev–Trinajstić information content (AvgIpc) is 3.05. The summed E-state index contributed by atoms with van der Waals surface area (Å²) in [5.74, 6) is -2.72. The monoisotopic (exact) mass is 714 g/mol. The minimum Gasteiger partial charge on any atom is -0.504 e. The third kappa shape index (κ3) is 13.1. The van der Waals surface area contributed by atoms with Gasteiger partial charge < -0.3 is 50.4 Å². The SMILES string of the molecule is CCCCCCCCOc1ccc(NC(=O)C(NC(=O)[C@]2(O)C[C@@H](O)[C@@H](O)[C@H](OC(=O)/C=C/c3ccc(O)c(O)c3)C2)C(C)OC(C)(C)C)cc1. The van der Waals surface area contributed by atoms with Gasteiger partial charge in [-0.3, -0.25) is 9.59 Å². The van der Waals surface area contributed by atoms with Crippen LogP contribution >= 0.6 is 0 Å². The van der Waals surface area contributed by atoms with Crippen molar-refractivity contribution in [2.24, 2.45) is 0 Å². The van der Waals surface area contributed by atoms with Gasteiger partial charge in [-0.15, -0.1) is 0 Å². The fourth-order valence-corrected chi connectivity index (χ4v) is 5.77. The van der Waals surface area contributed by atoms with Crippen LogP contribution in [-0.2, 0) is 23.9 Å². The maximum Gasteiger partial charge on any atom is 0.331 e. The number of rotatable bonds is 17. The van der Waals surface area contributed by atoms with Crippen LogP contribution in [0.3, 0.4) is 0 Å². The lowest BCUT2D eigenvalue weighted by Crippen LogP contribution is -2.63. The zero-order valence-corrected chi connectivity index (χ0v) is 30.1. The number of aliphatic hydroxyl groups is 3. The van der Waals surface area contributed by atoms with E-state index in [1.165, 1.54) is 50.0 Å². The summed E-state index contributed by atoms with van der Waals surface area (Å²) in [5.41, 5.74) is -2.26. The van der Waals surface area contributed by atoms with Crippen LogP contribution in [0.1, 0.15) is 91.5 Å². The topological polar surface area (TPSA) is 204 Å². The van der Waals surface area contributed by atoms with Gasteiger partial charge in [-0.25, -0.2) is 4.79 Å². The summed E-state index contributed by atoms with van der Waals surface area (Å²) in [6.45, 7) is 9.73. The Morgan fingerprint density at radius 2 is 1.63 bits per heavy atom. The van der Waals surface area contributed by atoms with Crippen LogP contribution in [0.25, 0.3) is 6.08 Å². The third-order valence-electron chi connectivity index (χ3n) is 8.43. The van der Waals surface area contributed by atoms with Crippen molar-refractivity contribution in [3.05, 3.63) is 54.1 Å². The van der Waals surface area contributed by atoms with Crippen LogP contribution in [0, 0.1) is 0 Å². The number of aromatic hydroxyl groups is 2. The van der Waals surface area contributed by atoms with E-state index in [9.17, 15) is 39.9 Å². The molecule has 1 aliphatic rings. The lowest BCUT2D eigenvalue weighted by Gasteiger charge is -2.41. The number of hydrogen-bond acceptors (Lipinski definition) is 11. The zero-order valence-electron chi connectivity index (χ0n) is 30.1. The molecular weight excluding hydrogens is 660 g/mol. The highest BCUT2D eigenvalue weighted by Crippen LogP contribution is 2.32. The first-order chi connectivity index (χ1) is 24.0. The predicted octanol–water partition coefficient (Wildman–Crippen LogP) is 4.34. The lowest BCUT2D eigenvalue weighted by molar-refractivity contribution is -0.188. The smallest absolute Gasteiger partial charge is 0.331 e. The van der Waals surface area contributed by atoms with Crippen LogP contribution in [0.4, 0.5) is 5.69 Å². The maximum absolute atomic E-state index is 13.6. The second-order valence-electron chi connectivity index (χ2n) is 14.1. The Morgan fingerprint density at radius 1 is 0.961 bits per heavy atom. The van der Waals surface area contributed by atoms with E-state index in [1.807, 2.05) is 0 Å². The molecule has 1 fully saturated rings. The molecule has 6 atom stereocenters. The maximum atomic E-state index is 13.6. The molecule has 0 spiro atoms. The Morgan fingerprint density at radius 3 is 2.27 bits per heavy atom. The van der Waals surface area contributed by atoms with Crippen molar-refractivity contribution in [1.29, 1.82) is 0 Å². The van der Waals surface area contributed by atoms with Gasteiger partial charge in [-0.05, 0) is 82.2 Å². The first-order valence-electron chi connectivity index (χ1n) is 17.5. The first kappa shape index (κ1) is 41.3. The molecule has 13 nitrogen and oxygen atoms in total. The molecular formula is C38H54N2O11. The van der Waals surface area contributed by atoms with E-state index >= 15 is 0 Å². The molecule has 0 bridgehead atoms. The van der Waals surface area contributed by atoms with E-state index in [4.69, 9.17) is 14.2 Å². The number of carbonyl (C=O) groups is 3. The molecule has 3 rings (SSSR count). The molecule has 0 aromatic heterocycles. The van der Waals surface area contributed by atoms with Crippen molar-refractivity contribution in [3.8, 4) is 17.2 Å². The van der Waals surface area contributed by atoms with Crippen molar-refractivity contribution in [1.82, 2.24) is 5.32 Å². The van der Waals surface area contributed by atoms with Crippen molar-refractivity contribution in [2.75, 3.05) is 11.9 Å². The molecule has 0 aliphatic heterocycles. The highest BCUT2D eigenvalue weighted by Gasteiger charge is 2.51. The summed E-state index contributed by atoms with van der Waals surface area (Å²) in [6.07, 6.45) is 2.33.